The fourth-order valence-electron chi connectivity index (χ4n) is 2.84. The zero-order valence-electron chi connectivity index (χ0n) is 15.4. The van der Waals surface area contributed by atoms with E-state index in [1.54, 1.807) is 18.3 Å². The molecule has 1 saturated heterocycles. The van der Waals surface area contributed by atoms with Gasteiger partial charge in [-0.1, -0.05) is 6.07 Å². The van der Waals surface area contributed by atoms with Gasteiger partial charge in [-0.25, -0.2) is 0 Å². The monoisotopic (exact) mass is 479 g/mol. The van der Waals surface area contributed by atoms with Crippen LogP contribution >= 0.6 is 35.3 Å². The highest BCUT2D eigenvalue weighted by Gasteiger charge is 2.18. The summed E-state index contributed by atoms with van der Waals surface area (Å²) in [5.74, 6) is 1.12. The summed E-state index contributed by atoms with van der Waals surface area (Å²) in [4.78, 5) is 23.6. The highest BCUT2D eigenvalue weighted by atomic mass is 127. The van der Waals surface area contributed by atoms with Crippen molar-refractivity contribution in [1.29, 1.82) is 0 Å². The molecule has 0 saturated carbocycles. The number of hydrogen-bond acceptors (Lipinski definition) is 4. The van der Waals surface area contributed by atoms with Crippen molar-refractivity contribution in [2.75, 3.05) is 59.9 Å². The van der Waals surface area contributed by atoms with E-state index in [4.69, 9.17) is 0 Å². The lowest BCUT2D eigenvalue weighted by atomic mass is 10.3. The first kappa shape index (κ1) is 22.2. The molecule has 2 rings (SSSR count). The topological polar surface area (TPSA) is 51.2 Å². The van der Waals surface area contributed by atoms with E-state index in [0.29, 0.717) is 0 Å². The van der Waals surface area contributed by atoms with Crippen LogP contribution in [-0.4, -0.2) is 86.5 Å². The lowest BCUT2D eigenvalue weighted by Crippen LogP contribution is -2.50. The minimum Gasteiger partial charge on any atom is -0.355 e. The summed E-state index contributed by atoms with van der Waals surface area (Å²) in [6, 6.07) is 4.27. The largest absolute Gasteiger partial charge is 0.355 e. The van der Waals surface area contributed by atoms with Crippen LogP contribution in [0.5, 0.6) is 0 Å². The molecule has 1 N–H and O–H groups in total. The molecule has 1 amide bonds. The number of guanidine groups is 1. The molecule has 1 aliphatic rings. The number of likely N-dealkylation sites (N-methyl/N-ethyl adjacent to an activating group) is 1. The van der Waals surface area contributed by atoms with Gasteiger partial charge >= 0.3 is 0 Å². The van der Waals surface area contributed by atoms with Crippen LogP contribution in [-0.2, 0) is 11.2 Å². The number of hydrogen-bond donors (Lipinski definition) is 1. The second-order valence-electron chi connectivity index (χ2n) is 6.07. The van der Waals surface area contributed by atoms with Gasteiger partial charge in [0.05, 0.1) is 0 Å². The van der Waals surface area contributed by atoms with Crippen LogP contribution in [0.4, 0.5) is 0 Å². The van der Waals surface area contributed by atoms with Crippen molar-refractivity contribution >= 4 is 47.2 Å². The first-order chi connectivity index (χ1) is 11.6. The molecule has 0 unspecified atom stereocenters. The van der Waals surface area contributed by atoms with Gasteiger partial charge in [0.2, 0.25) is 5.91 Å². The smallest absolute Gasteiger partial charge is 0.219 e. The van der Waals surface area contributed by atoms with E-state index in [1.807, 2.05) is 11.9 Å². The Balaban J connectivity index is 0.00000312. The molecule has 0 aromatic carbocycles. The van der Waals surface area contributed by atoms with Crippen LogP contribution in [0.2, 0.25) is 0 Å². The van der Waals surface area contributed by atoms with Crippen LogP contribution in [0.15, 0.2) is 22.5 Å². The highest BCUT2D eigenvalue weighted by molar-refractivity contribution is 14.0. The molecule has 0 atom stereocenters. The number of halogens is 1. The van der Waals surface area contributed by atoms with Crippen LogP contribution in [0.3, 0.4) is 0 Å². The van der Waals surface area contributed by atoms with E-state index < -0.39 is 0 Å². The molecule has 1 aliphatic heterocycles. The molecular weight excluding hydrogens is 449 g/mol. The summed E-state index contributed by atoms with van der Waals surface area (Å²) in [6.07, 6.45) is 1.04. The van der Waals surface area contributed by atoms with Crippen molar-refractivity contribution in [1.82, 2.24) is 20.0 Å². The second kappa shape index (κ2) is 11.7. The molecular formula is C17H30IN5OS. The lowest BCUT2D eigenvalue weighted by Gasteiger charge is -2.34. The molecule has 1 aromatic rings. The van der Waals surface area contributed by atoms with Gasteiger partial charge in [-0.3, -0.25) is 14.7 Å². The summed E-state index contributed by atoms with van der Waals surface area (Å²) >= 11 is 1.80. The lowest BCUT2D eigenvalue weighted by molar-refractivity contribution is -0.130. The van der Waals surface area contributed by atoms with Gasteiger partial charge in [0.15, 0.2) is 5.96 Å². The minimum atomic E-state index is 0. The quantitative estimate of drug-likeness (QED) is 0.383. The van der Waals surface area contributed by atoms with Crippen LogP contribution in [0.25, 0.3) is 0 Å². The zero-order valence-corrected chi connectivity index (χ0v) is 18.5. The molecule has 0 spiro atoms. The van der Waals surface area contributed by atoms with Crippen molar-refractivity contribution in [3.8, 4) is 0 Å². The third-order valence-electron chi connectivity index (χ3n) is 4.38. The Morgan fingerprint density at radius 1 is 1.36 bits per heavy atom. The molecule has 1 fully saturated rings. The average Bonchev–Trinajstić information content (AvgIpc) is 3.10. The van der Waals surface area contributed by atoms with E-state index in [-0.39, 0.29) is 29.9 Å². The van der Waals surface area contributed by atoms with E-state index >= 15 is 0 Å². The fraction of sp³-hybridized carbons (Fsp3) is 0.647. The third kappa shape index (κ3) is 7.49. The van der Waals surface area contributed by atoms with Gasteiger partial charge in [0, 0.05) is 71.7 Å². The Labute approximate surface area is 172 Å². The molecule has 0 aliphatic carbocycles. The maximum absolute atomic E-state index is 11.3. The van der Waals surface area contributed by atoms with Gasteiger partial charge in [-0.15, -0.1) is 35.3 Å². The first-order valence-electron chi connectivity index (χ1n) is 8.52. The summed E-state index contributed by atoms with van der Waals surface area (Å²) < 4.78 is 0. The number of carbonyl (C=O) groups excluding carboxylic acids is 1. The van der Waals surface area contributed by atoms with Gasteiger partial charge in [0.25, 0.3) is 0 Å². The number of nitrogens with zero attached hydrogens (tertiary/aromatic N) is 4. The van der Waals surface area contributed by atoms with Crippen molar-refractivity contribution < 1.29 is 4.79 Å². The number of rotatable bonds is 6. The van der Waals surface area contributed by atoms with E-state index in [2.05, 4.69) is 44.7 Å². The number of aliphatic imine (C=N–C) groups is 1. The molecule has 142 valence electrons. The molecule has 25 heavy (non-hydrogen) atoms. The van der Waals surface area contributed by atoms with Crippen LogP contribution in [0, 0.1) is 0 Å². The Hall–Kier alpha value is -0.870. The van der Waals surface area contributed by atoms with Crippen LogP contribution < -0.4 is 5.32 Å². The van der Waals surface area contributed by atoms with Crippen molar-refractivity contribution in [3.05, 3.63) is 22.4 Å². The summed E-state index contributed by atoms with van der Waals surface area (Å²) in [7, 11) is 3.91. The molecule has 0 radical (unpaired) electrons. The van der Waals surface area contributed by atoms with E-state index in [1.165, 1.54) is 4.88 Å². The predicted octanol–water partition coefficient (Wildman–Crippen LogP) is 1.58. The van der Waals surface area contributed by atoms with Crippen molar-refractivity contribution in [2.24, 2.45) is 4.99 Å². The normalized spacial score (nSPS) is 15.6. The maximum Gasteiger partial charge on any atom is 0.219 e. The summed E-state index contributed by atoms with van der Waals surface area (Å²) in [5.41, 5.74) is 0. The van der Waals surface area contributed by atoms with Crippen LogP contribution in [0.1, 0.15) is 11.8 Å². The molecule has 1 aromatic heterocycles. The highest BCUT2D eigenvalue weighted by Crippen LogP contribution is 2.09. The number of thiophene rings is 1. The maximum atomic E-state index is 11.3. The number of piperazine rings is 1. The average molecular weight is 479 g/mol. The predicted molar refractivity (Wildman–Crippen MR) is 116 cm³/mol. The van der Waals surface area contributed by atoms with Crippen molar-refractivity contribution in [2.45, 2.75) is 13.3 Å². The fourth-order valence-corrected chi connectivity index (χ4v) is 3.53. The SMILES string of the molecule is CN=C(NCCN1CCN(C(C)=O)CC1)N(C)CCc1cccs1.I. The van der Waals surface area contributed by atoms with E-state index in [0.717, 1.165) is 58.2 Å². The van der Waals surface area contributed by atoms with Crippen molar-refractivity contribution in [3.63, 3.8) is 0 Å². The summed E-state index contributed by atoms with van der Waals surface area (Å²) in [6.45, 7) is 8.03. The standard InChI is InChI=1S/C17H29N5OS.HI/c1-15(23)22-12-10-21(11-13-22)9-7-19-17(18-2)20(3)8-6-16-5-4-14-24-16;/h4-5,14H,6-13H2,1-3H3,(H,18,19);1H. The molecule has 8 heteroatoms. The van der Waals surface area contributed by atoms with Gasteiger partial charge < -0.3 is 15.1 Å². The van der Waals surface area contributed by atoms with Gasteiger partial charge in [-0.05, 0) is 17.9 Å². The Bertz CT molecular complexity index is 529. The Morgan fingerprint density at radius 2 is 2.08 bits per heavy atom. The summed E-state index contributed by atoms with van der Waals surface area (Å²) in [5, 5.41) is 5.56. The number of carbonyl (C=O) groups is 1. The minimum absolute atomic E-state index is 0. The molecule has 6 nitrogen and oxygen atoms in total. The van der Waals surface area contributed by atoms with Gasteiger partial charge in [0.1, 0.15) is 0 Å². The third-order valence-corrected chi connectivity index (χ3v) is 5.31. The van der Waals surface area contributed by atoms with Gasteiger partial charge in [-0.2, -0.15) is 0 Å². The number of nitrogens with one attached hydrogen (secondary N) is 1. The Kier molecular flexibility index (Phi) is 10.4. The zero-order chi connectivity index (χ0) is 17.4. The second-order valence-corrected chi connectivity index (χ2v) is 7.10. The first-order valence-corrected chi connectivity index (χ1v) is 9.40. The van der Waals surface area contributed by atoms with E-state index in [9.17, 15) is 4.79 Å². The number of amides is 1. The Morgan fingerprint density at radius 3 is 2.64 bits per heavy atom. The molecule has 0 bridgehead atoms. The molecule has 2 heterocycles.